The highest BCUT2D eigenvalue weighted by Gasteiger charge is 2.32. The maximum atomic E-state index is 11.1. The molecule has 0 amide bonds. The largest absolute Gasteiger partial charge is 0.382 e. The van der Waals surface area contributed by atoms with E-state index in [0.29, 0.717) is 6.08 Å². The number of aliphatic hydroxyl groups excluding tert-OH is 2. The molecule has 0 aliphatic carbocycles. The molecule has 0 bridgehead atoms. The maximum Gasteiger partial charge on any atom is 0.234 e. The molecule has 0 aliphatic rings. The van der Waals surface area contributed by atoms with E-state index in [9.17, 15) is 24.6 Å². The predicted molar refractivity (Wildman–Crippen MR) is 52.0 cm³/mol. The zero-order chi connectivity index (χ0) is 12.2. The fraction of sp³-hybridized carbons (Fsp3) is 0.300. The highest BCUT2D eigenvalue weighted by Crippen LogP contribution is 2.03. The molecule has 2 atom stereocenters. The van der Waals surface area contributed by atoms with Crippen LogP contribution in [0.1, 0.15) is 6.92 Å². The highest BCUT2D eigenvalue weighted by atomic mass is 16.3. The van der Waals surface area contributed by atoms with E-state index in [0.717, 1.165) is 0 Å². The van der Waals surface area contributed by atoms with Gasteiger partial charge in [0, 0.05) is 0 Å². The van der Waals surface area contributed by atoms with E-state index in [1.165, 1.54) is 6.92 Å². The summed E-state index contributed by atoms with van der Waals surface area (Å²) in [7, 11) is 0. The number of carbonyl (C=O) groups excluding carboxylic acids is 3. The van der Waals surface area contributed by atoms with Gasteiger partial charge in [-0.2, -0.15) is 0 Å². The summed E-state index contributed by atoms with van der Waals surface area (Å²) in [6.07, 6.45) is -3.33. The summed E-state index contributed by atoms with van der Waals surface area (Å²) in [6.45, 7) is 7.60. The lowest BCUT2D eigenvalue weighted by atomic mass is 9.99. The minimum Gasteiger partial charge on any atom is -0.382 e. The van der Waals surface area contributed by atoms with Crippen molar-refractivity contribution in [2.75, 3.05) is 0 Å². The van der Waals surface area contributed by atoms with Crippen LogP contribution in [-0.2, 0) is 14.4 Å². The van der Waals surface area contributed by atoms with Crippen LogP contribution >= 0.6 is 0 Å². The number of ketones is 3. The third-order valence-corrected chi connectivity index (χ3v) is 1.69. The first kappa shape index (κ1) is 13.4. The molecule has 82 valence electrons. The Hall–Kier alpha value is -1.59. The number of Topliss-reactive ketones (excluding diaryl/α,β-unsaturated/α-hetero) is 2. The van der Waals surface area contributed by atoms with Gasteiger partial charge in [-0.3, -0.25) is 14.4 Å². The van der Waals surface area contributed by atoms with Gasteiger partial charge in [-0.05, 0) is 18.6 Å². The van der Waals surface area contributed by atoms with E-state index >= 15 is 0 Å². The van der Waals surface area contributed by atoms with Crippen LogP contribution in [0.3, 0.4) is 0 Å². The van der Waals surface area contributed by atoms with Gasteiger partial charge >= 0.3 is 0 Å². The van der Waals surface area contributed by atoms with E-state index in [4.69, 9.17) is 0 Å². The normalized spacial score (nSPS) is 13.8. The molecule has 2 unspecified atom stereocenters. The number of rotatable bonds is 6. The lowest BCUT2D eigenvalue weighted by Crippen LogP contribution is -2.42. The Morgan fingerprint density at radius 1 is 1.13 bits per heavy atom. The van der Waals surface area contributed by atoms with Gasteiger partial charge in [-0.1, -0.05) is 13.2 Å². The maximum absolute atomic E-state index is 11.1. The second kappa shape index (κ2) is 5.33. The van der Waals surface area contributed by atoms with Crippen LogP contribution in [0.2, 0.25) is 0 Å². The van der Waals surface area contributed by atoms with Crippen LogP contribution in [0, 0.1) is 0 Å². The summed E-state index contributed by atoms with van der Waals surface area (Å²) in [5, 5.41) is 18.4. The minimum absolute atomic E-state index is 0.0135. The van der Waals surface area contributed by atoms with Gasteiger partial charge in [0.2, 0.25) is 11.6 Å². The molecule has 5 nitrogen and oxygen atoms in total. The fourth-order valence-electron chi connectivity index (χ4n) is 0.786. The van der Waals surface area contributed by atoms with E-state index in [-0.39, 0.29) is 5.57 Å². The average Bonchev–Trinajstić information content (AvgIpc) is 2.23. The smallest absolute Gasteiger partial charge is 0.234 e. The van der Waals surface area contributed by atoms with Crippen LogP contribution in [0.25, 0.3) is 0 Å². The number of hydrogen-bond donors (Lipinski definition) is 2. The second-order valence-electron chi connectivity index (χ2n) is 2.97. The molecule has 0 spiro atoms. The molecule has 0 aromatic rings. The second-order valence-corrected chi connectivity index (χ2v) is 2.97. The SMILES string of the molecule is C=CC(=O)C(=O)C(O)C(O)C(=O)C(=C)C. The van der Waals surface area contributed by atoms with Gasteiger partial charge in [-0.15, -0.1) is 0 Å². The summed E-state index contributed by atoms with van der Waals surface area (Å²) < 4.78 is 0. The van der Waals surface area contributed by atoms with Crippen LogP contribution in [-0.4, -0.2) is 39.8 Å². The van der Waals surface area contributed by atoms with Crippen molar-refractivity contribution in [1.29, 1.82) is 0 Å². The van der Waals surface area contributed by atoms with Gasteiger partial charge < -0.3 is 10.2 Å². The molecule has 0 rings (SSSR count). The van der Waals surface area contributed by atoms with E-state index in [2.05, 4.69) is 13.2 Å². The predicted octanol–water partition coefficient (Wildman–Crippen LogP) is -0.822. The van der Waals surface area contributed by atoms with Crippen LogP contribution in [0.15, 0.2) is 24.8 Å². The van der Waals surface area contributed by atoms with E-state index in [1.54, 1.807) is 0 Å². The van der Waals surface area contributed by atoms with Crippen molar-refractivity contribution < 1.29 is 24.6 Å². The molecule has 0 saturated carbocycles. The molecule has 0 heterocycles. The van der Waals surface area contributed by atoms with Gasteiger partial charge in [0.15, 0.2) is 11.9 Å². The Balaban J connectivity index is 4.72. The van der Waals surface area contributed by atoms with E-state index < -0.39 is 29.6 Å². The zero-order valence-corrected chi connectivity index (χ0v) is 8.27. The molecule has 0 aromatic carbocycles. The van der Waals surface area contributed by atoms with Crippen molar-refractivity contribution in [2.24, 2.45) is 0 Å². The van der Waals surface area contributed by atoms with Crippen molar-refractivity contribution >= 4 is 17.3 Å². The molecule has 0 fully saturated rings. The molecule has 15 heavy (non-hydrogen) atoms. The molecule has 0 aromatic heterocycles. The van der Waals surface area contributed by atoms with Crippen LogP contribution in [0.4, 0.5) is 0 Å². The molecule has 5 heteroatoms. The molecule has 2 N–H and O–H groups in total. The summed E-state index contributed by atoms with van der Waals surface area (Å²) >= 11 is 0. The topological polar surface area (TPSA) is 91.7 Å². The Bertz CT molecular complexity index is 329. The van der Waals surface area contributed by atoms with Crippen LogP contribution in [0.5, 0.6) is 0 Å². The van der Waals surface area contributed by atoms with Crippen molar-refractivity contribution in [3.05, 3.63) is 24.8 Å². The third-order valence-electron chi connectivity index (χ3n) is 1.69. The zero-order valence-electron chi connectivity index (χ0n) is 8.27. The highest BCUT2D eigenvalue weighted by molar-refractivity contribution is 6.43. The Morgan fingerprint density at radius 2 is 1.53 bits per heavy atom. The van der Waals surface area contributed by atoms with Crippen molar-refractivity contribution in [1.82, 2.24) is 0 Å². The minimum atomic E-state index is -2.07. The number of carbonyl (C=O) groups is 3. The van der Waals surface area contributed by atoms with Gasteiger partial charge in [-0.25, -0.2) is 0 Å². The van der Waals surface area contributed by atoms with Crippen LogP contribution < -0.4 is 0 Å². The number of aliphatic hydroxyl groups is 2. The Labute approximate surface area is 86.7 Å². The quantitative estimate of drug-likeness (QED) is 0.443. The summed E-state index contributed by atoms with van der Waals surface area (Å²) in [4.78, 5) is 32.9. The molecular weight excluding hydrogens is 200 g/mol. The van der Waals surface area contributed by atoms with Crippen molar-refractivity contribution in [3.63, 3.8) is 0 Å². The number of allylic oxidation sites excluding steroid dienone is 1. The first-order valence-electron chi connectivity index (χ1n) is 4.09. The van der Waals surface area contributed by atoms with Crippen molar-refractivity contribution in [2.45, 2.75) is 19.1 Å². The summed E-state index contributed by atoms with van der Waals surface area (Å²) in [6, 6.07) is 0. The van der Waals surface area contributed by atoms with Gasteiger partial charge in [0.1, 0.15) is 6.10 Å². The molecule has 0 aliphatic heterocycles. The monoisotopic (exact) mass is 212 g/mol. The first-order chi connectivity index (χ1) is 6.82. The van der Waals surface area contributed by atoms with Gasteiger partial charge in [0.05, 0.1) is 0 Å². The Morgan fingerprint density at radius 3 is 1.87 bits per heavy atom. The lowest BCUT2D eigenvalue weighted by molar-refractivity contribution is -0.146. The van der Waals surface area contributed by atoms with Gasteiger partial charge in [0.25, 0.3) is 0 Å². The molecule has 0 saturated heterocycles. The summed E-state index contributed by atoms with van der Waals surface area (Å²) in [5.74, 6) is -3.21. The fourth-order valence-corrected chi connectivity index (χ4v) is 0.786. The Kier molecular flexibility index (Phi) is 4.77. The van der Waals surface area contributed by atoms with E-state index in [1.807, 2.05) is 0 Å². The third kappa shape index (κ3) is 3.23. The molecular formula is C10H12O5. The molecule has 0 radical (unpaired) electrons. The van der Waals surface area contributed by atoms with Crippen molar-refractivity contribution in [3.8, 4) is 0 Å². The summed E-state index contributed by atoms with van der Waals surface area (Å²) in [5.41, 5.74) is -0.0135. The standard InChI is InChI=1S/C10H12O5/c1-4-6(11)8(13)10(15)9(14)7(12)5(2)3/h4,9-10,14-15H,1-2H2,3H3. The first-order valence-corrected chi connectivity index (χ1v) is 4.09. The lowest BCUT2D eigenvalue weighted by Gasteiger charge is -2.13. The average molecular weight is 212 g/mol. The number of hydrogen-bond acceptors (Lipinski definition) is 5.